The van der Waals surface area contributed by atoms with Gasteiger partial charge in [0.15, 0.2) is 0 Å². The molecule has 0 heterocycles. The Hall–Kier alpha value is -0.0800. The quantitative estimate of drug-likeness (QED) is 0.708. The minimum absolute atomic E-state index is 0.0948. The van der Waals surface area contributed by atoms with Crippen molar-refractivity contribution in [3.63, 3.8) is 0 Å². The molecular formula is C17H34O2. The van der Waals surface area contributed by atoms with Crippen LogP contribution in [0.25, 0.3) is 0 Å². The van der Waals surface area contributed by atoms with Gasteiger partial charge in [-0.3, -0.25) is 0 Å². The van der Waals surface area contributed by atoms with Crippen molar-refractivity contribution in [2.24, 2.45) is 16.7 Å². The lowest BCUT2D eigenvalue weighted by atomic mass is 9.62. The molecule has 2 atom stereocenters. The second kappa shape index (κ2) is 6.58. The topological polar surface area (TPSA) is 29.5 Å². The Morgan fingerprint density at radius 2 is 1.84 bits per heavy atom. The summed E-state index contributed by atoms with van der Waals surface area (Å²) in [6.45, 7) is 14.5. The molecule has 2 unspecified atom stereocenters. The molecule has 2 heteroatoms. The van der Waals surface area contributed by atoms with Crippen LogP contribution in [0, 0.1) is 16.7 Å². The van der Waals surface area contributed by atoms with Crippen molar-refractivity contribution in [1.29, 1.82) is 0 Å². The van der Waals surface area contributed by atoms with Crippen LogP contribution in [0.5, 0.6) is 0 Å². The normalized spacial score (nSPS) is 31.9. The second-order valence-electron chi connectivity index (χ2n) is 7.20. The highest BCUT2D eigenvalue weighted by atomic mass is 16.5. The zero-order valence-electron chi connectivity index (χ0n) is 13.8. The van der Waals surface area contributed by atoms with E-state index >= 15 is 0 Å². The van der Waals surface area contributed by atoms with Crippen molar-refractivity contribution in [3.8, 4) is 0 Å². The highest BCUT2D eigenvalue weighted by Gasteiger charge is 2.46. The standard InChI is InChI=1S/C17H34O2/c1-7-16(6,13(3)4)9-10-19-14(5)17(8-2)11-15(18)12-17/h13-15,18H,7-12H2,1-6H3. The van der Waals surface area contributed by atoms with E-state index in [4.69, 9.17) is 4.74 Å². The maximum absolute atomic E-state index is 9.57. The monoisotopic (exact) mass is 270 g/mol. The van der Waals surface area contributed by atoms with E-state index in [0.717, 1.165) is 32.3 Å². The number of rotatable bonds is 8. The molecular weight excluding hydrogens is 236 g/mol. The SMILES string of the molecule is CCC(C)(CCOC(C)C1(CC)CC(O)C1)C(C)C. The van der Waals surface area contributed by atoms with E-state index in [1.165, 1.54) is 6.42 Å². The van der Waals surface area contributed by atoms with E-state index in [1.54, 1.807) is 0 Å². The Bertz CT molecular complexity index is 268. The molecule has 114 valence electrons. The van der Waals surface area contributed by atoms with Gasteiger partial charge in [0.2, 0.25) is 0 Å². The Balaban J connectivity index is 2.40. The lowest BCUT2D eigenvalue weighted by molar-refractivity contribution is -0.132. The first-order valence-electron chi connectivity index (χ1n) is 8.09. The summed E-state index contributed by atoms with van der Waals surface area (Å²) in [4.78, 5) is 0. The maximum Gasteiger partial charge on any atom is 0.0604 e. The van der Waals surface area contributed by atoms with E-state index < -0.39 is 0 Å². The summed E-state index contributed by atoms with van der Waals surface area (Å²) in [5.41, 5.74) is 0.623. The van der Waals surface area contributed by atoms with Gasteiger partial charge in [-0.25, -0.2) is 0 Å². The molecule has 1 aliphatic rings. The van der Waals surface area contributed by atoms with Crippen LogP contribution < -0.4 is 0 Å². The summed E-state index contributed by atoms with van der Waals surface area (Å²) >= 11 is 0. The fourth-order valence-corrected chi connectivity index (χ4v) is 3.31. The molecule has 0 amide bonds. The molecule has 1 fully saturated rings. The van der Waals surface area contributed by atoms with E-state index in [1.807, 2.05) is 0 Å². The molecule has 0 radical (unpaired) electrons. The molecule has 0 aromatic rings. The van der Waals surface area contributed by atoms with Crippen LogP contribution in [0.4, 0.5) is 0 Å². The minimum Gasteiger partial charge on any atom is -0.393 e. The molecule has 0 aromatic carbocycles. The number of aliphatic hydroxyl groups is 1. The summed E-state index contributed by atoms with van der Waals surface area (Å²) in [5.74, 6) is 0.696. The highest BCUT2D eigenvalue weighted by Crippen LogP contribution is 2.48. The molecule has 0 bridgehead atoms. The van der Waals surface area contributed by atoms with Crippen LogP contribution in [-0.2, 0) is 4.74 Å². The van der Waals surface area contributed by atoms with Gasteiger partial charge in [-0.1, -0.05) is 41.0 Å². The average molecular weight is 270 g/mol. The second-order valence-corrected chi connectivity index (χ2v) is 7.20. The van der Waals surface area contributed by atoms with Gasteiger partial charge < -0.3 is 9.84 Å². The zero-order chi connectivity index (χ0) is 14.7. The molecule has 1 saturated carbocycles. The summed E-state index contributed by atoms with van der Waals surface area (Å²) in [6.07, 6.45) is 5.46. The van der Waals surface area contributed by atoms with E-state index in [0.29, 0.717) is 11.3 Å². The Morgan fingerprint density at radius 3 is 2.21 bits per heavy atom. The summed E-state index contributed by atoms with van der Waals surface area (Å²) in [7, 11) is 0. The van der Waals surface area contributed by atoms with Gasteiger partial charge in [0.25, 0.3) is 0 Å². The highest BCUT2D eigenvalue weighted by molar-refractivity contribution is 4.97. The van der Waals surface area contributed by atoms with Gasteiger partial charge in [-0.15, -0.1) is 0 Å². The molecule has 0 spiro atoms. The third-order valence-electron chi connectivity index (χ3n) is 6.09. The Labute approximate surface area is 119 Å². The van der Waals surface area contributed by atoms with Gasteiger partial charge in [0.1, 0.15) is 0 Å². The van der Waals surface area contributed by atoms with Crippen LogP contribution in [-0.4, -0.2) is 23.9 Å². The van der Waals surface area contributed by atoms with Gasteiger partial charge in [0.05, 0.1) is 12.2 Å². The van der Waals surface area contributed by atoms with E-state index in [-0.39, 0.29) is 17.6 Å². The lowest BCUT2D eigenvalue weighted by Gasteiger charge is -2.49. The molecule has 1 aliphatic carbocycles. The van der Waals surface area contributed by atoms with Gasteiger partial charge in [0, 0.05) is 12.0 Å². The first-order valence-corrected chi connectivity index (χ1v) is 8.09. The maximum atomic E-state index is 9.57. The molecule has 2 nitrogen and oxygen atoms in total. The van der Waals surface area contributed by atoms with Crippen molar-refractivity contribution in [2.45, 2.75) is 85.9 Å². The Morgan fingerprint density at radius 1 is 1.26 bits per heavy atom. The largest absolute Gasteiger partial charge is 0.393 e. The number of aliphatic hydroxyl groups excluding tert-OH is 1. The predicted molar refractivity (Wildman–Crippen MR) is 81.2 cm³/mol. The van der Waals surface area contributed by atoms with Gasteiger partial charge >= 0.3 is 0 Å². The summed E-state index contributed by atoms with van der Waals surface area (Å²) in [5, 5.41) is 9.57. The minimum atomic E-state index is -0.0948. The van der Waals surface area contributed by atoms with Crippen LogP contribution in [0.1, 0.15) is 73.6 Å². The van der Waals surface area contributed by atoms with Crippen LogP contribution in [0.2, 0.25) is 0 Å². The smallest absolute Gasteiger partial charge is 0.0604 e. The lowest BCUT2D eigenvalue weighted by Crippen LogP contribution is -2.48. The third-order valence-corrected chi connectivity index (χ3v) is 6.09. The van der Waals surface area contributed by atoms with E-state index in [9.17, 15) is 5.11 Å². The van der Waals surface area contributed by atoms with Crippen LogP contribution in [0.15, 0.2) is 0 Å². The van der Waals surface area contributed by atoms with Crippen LogP contribution >= 0.6 is 0 Å². The van der Waals surface area contributed by atoms with Gasteiger partial charge in [-0.05, 0) is 43.9 Å². The fraction of sp³-hybridized carbons (Fsp3) is 1.00. The summed E-state index contributed by atoms with van der Waals surface area (Å²) < 4.78 is 6.13. The molecule has 0 aliphatic heterocycles. The number of hydrogen-bond donors (Lipinski definition) is 1. The van der Waals surface area contributed by atoms with Gasteiger partial charge in [-0.2, -0.15) is 0 Å². The van der Waals surface area contributed by atoms with Crippen molar-refractivity contribution in [3.05, 3.63) is 0 Å². The first kappa shape index (κ1) is 17.0. The average Bonchev–Trinajstić information content (AvgIpc) is 2.33. The van der Waals surface area contributed by atoms with Crippen molar-refractivity contribution in [1.82, 2.24) is 0 Å². The molecule has 1 rings (SSSR count). The summed E-state index contributed by atoms with van der Waals surface area (Å²) in [6, 6.07) is 0. The number of ether oxygens (including phenoxy) is 1. The van der Waals surface area contributed by atoms with Crippen LogP contribution in [0.3, 0.4) is 0 Å². The molecule has 0 aromatic heterocycles. The number of hydrogen-bond acceptors (Lipinski definition) is 2. The Kier molecular flexibility index (Phi) is 5.88. The zero-order valence-corrected chi connectivity index (χ0v) is 13.8. The molecule has 0 saturated heterocycles. The van der Waals surface area contributed by atoms with E-state index in [2.05, 4.69) is 41.5 Å². The predicted octanol–water partition coefficient (Wildman–Crippen LogP) is 4.41. The first-order chi connectivity index (χ1) is 8.79. The van der Waals surface area contributed by atoms with Crippen molar-refractivity contribution < 1.29 is 9.84 Å². The molecule has 19 heavy (non-hydrogen) atoms. The fourth-order valence-electron chi connectivity index (χ4n) is 3.31. The van der Waals surface area contributed by atoms with Crippen molar-refractivity contribution in [2.75, 3.05) is 6.61 Å². The molecule has 1 N–H and O–H groups in total. The van der Waals surface area contributed by atoms with Crippen molar-refractivity contribution >= 4 is 0 Å². The third kappa shape index (κ3) is 3.72.